The van der Waals surface area contributed by atoms with Gasteiger partial charge in [-0.15, -0.1) is 0 Å². The van der Waals surface area contributed by atoms with Gasteiger partial charge in [-0.05, 0) is 89.0 Å². The smallest absolute Gasteiger partial charge is 0.226 e. The fourth-order valence-corrected chi connectivity index (χ4v) is 7.18. The van der Waals surface area contributed by atoms with Gasteiger partial charge in [0.25, 0.3) is 0 Å². The third kappa shape index (κ3) is 5.29. The Morgan fingerprint density at radius 2 is 2.00 bits per heavy atom. The number of amides is 1. The van der Waals surface area contributed by atoms with E-state index >= 15 is 4.39 Å². The molecule has 0 aromatic heterocycles. The summed E-state index contributed by atoms with van der Waals surface area (Å²) in [6.45, 7) is 10.5. The Labute approximate surface area is 189 Å². The molecule has 178 valence electrons. The molecule has 2 aliphatic carbocycles. The van der Waals surface area contributed by atoms with Gasteiger partial charge in [-0.25, -0.2) is 4.39 Å². The molecule has 2 bridgehead atoms. The molecule has 0 aromatic rings. The van der Waals surface area contributed by atoms with E-state index in [2.05, 4.69) is 31.0 Å². The highest BCUT2D eigenvalue weighted by molar-refractivity contribution is 5.83. The molecule has 5 unspecified atom stereocenters. The molecule has 1 N–H and O–H groups in total. The summed E-state index contributed by atoms with van der Waals surface area (Å²) >= 11 is 0. The second kappa shape index (κ2) is 9.67. The lowest BCUT2D eigenvalue weighted by Gasteiger charge is -2.42. The number of carbonyl (C=O) groups is 1. The summed E-state index contributed by atoms with van der Waals surface area (Å²) < 4.78 is 21.0. The van der Waals surface area contributed by atoms with Gasteiger partial charge in [-0.2, -0.15) is 0 Å². The second-order valence-corrected chi connectivity index (χ2v) is 11.6. The Kier molecular flexibility index (Phi) is 7.32. The second-order valence-electron chi connectivity index (χ2n) is 11.6. The third-order valence-corrected chi connectivity index (χ3v) is 9.36. The lowest BCUT2D eigenvalue weighted by Crippen LogP contribution is -2.50. The van der Waals surface area contributed by atoms with Gasteiger partial charge < -0.3 is 15.0 Å². The molecule has 2 aliphatic heterocycles. The first-order valence-corrected chi connectivity index (χ1v) is 13.1. The van der Waals surface area contributed by atoms with Crippen LogP contribution in [0.1, 0.15) is 85.0 Å². The van der Waals surface area contributed by atoms with Crippen molar-refractivity contribution in [3.8, 4) is 0 Å². The van der Waals surface area contributed by atoms with Crippen LogP contribution in [0.5, 0.6) is 0 Å². The maximum Gasteiger partial charge on any atom is 0.226 e. The van der Waals surface area contributed by atoms with Gasteiger partial charge in [-0.3, -0.25) is 4.79 Å². The van der Waals surface area contributed by atoms with Crippen molar-refractivity contribution in [1.29, 1.82) is 0 Å². The number of fused-ring (bicyclic) bond motifs is 2. The maximum atomic E-state index is 15.0. The number of piperidine rings is 1. The number of likely N-dealkylation sites (tertiary alicyclic amines) is 1. The van der Waals surface area contributed by atoms with Crippen LogP contribution < -0.4 is 5.32 Å². The van der Waals surface area contributed by atoms with Crippen molar-refractivity contribution < 1.29 is 13.9 Å². The monoisotopic (exact) mass is 436 g/mol. The summed E-state index contributed by atoms with van der Waals surface area (Å²) in [6.07, 6.45) is 10.1. The van der Waals surface area contributed by atoms with Crippen LogP contribution in [0.4, 0.5) is 4.39 Å². The summed E-state index contributed by atoms with van der Waals surface area (Å²) in [4.78, 5) is 15.5. The van der Waals surface area contributed by atoms with Crippen LogP contribution in [-0.2, 0) is 9.53 Å². The molecule has 4 rings (SSSR count). The topological polar surface area (TPSA) is 41.6 Å². The average molecular weight is 437 g/mol. The number of hydrogen-bond acceptors (Lipinski definition) is 3. The van der Waals surface area contributed by atoms with Crippen molar-refractivity contribution in [2.75, 3.05) is 32.8 Å². The van der Waals surface area contributed by atoms with Gasteiger partial charge in [0, 0.05) is 37.6 Å². The summed E-state index contributed by atoms with van der Waals surface area (Å²) in [5.41, 5.74) is -0.152. The molecule has 0 radical (unpaired) electrons. The van der Waals surface area contributed by atoms with E-state index in [1.807, 2.05) is 0 Å². The summed E-state index contributed by atoms with van der Waals surface area (Å²) in [7, 11) is 0. The zero-order chi connectivity index (χ0) is 22.1. The molecule has 4 fully saturated rings. The summed E-state index contributed by atoms with van der Waals surface area (Å²) in [6, 6.07) is 0. The predicted octanol–water partition coefficient (Wildman–Crippen LogP) is 4.96. The largest absolute Gasteiger partial charge is 0.375 e. The number of ether oxygens (including phenoxy) is 1. The summed E-state index contributed by atoms with van der Waals surface area (Å²) in [5, 5.41) is 3.22. The molecule has 31 heavy (non-hydrogen) atoms. The lowest BCUT2D eigenvalue weighted by atomic mass is 9.69. The molecular formula is C26H45FN2O2. The number of rotatable bonds is 7. The molecule has 0 aromatic carbocycles. The highest BCUT2D eigenvalue weighted by Gasteiger charge is 2.50. The van der Waals surface area contributed by atoms with Gasteiger partial charge in [0.05, 0.1) is 5.60 Å². The number of halogens is 1. The molecule has 7 atom stereocenters. The van der Waals surface area contributed by atoms with Crippen molar-refractivity contribution >= 4 is 5.91 Å². The highest BCUT2D eigenvalue weighted by atomic mass is 19.1. The van der Waals surface area contributed by atoms with Gasteiger partial charge in [0.2, 0.25) is 5.91 Å². The standard InChI is InChI=1S/C26H45FN2O2/c1-4-19-12-20-6-9-26(14-19,15-20)24(30)28-16-22-7-10-29(18-23(22)27)17-21-8-11-31-25(3,5-2)13-21/h19-23H,4-18H2,1-3H3,(H,28,30)/t19?,20?,21?,22-,23-,25?,26?/m1/s1. The number of hydrogen-bond donors (Lipinski definition) is 1. The van der Waals surface area contributed by atoms with Crippen molar-refractivity contribution in [3.63, 3.8) is 0 Å². The Bertz CT molecular complexity index is 631. The maximum absolute atomic E-state index is 15.0. The molecule has 1 amide bonds. The minimum absolute atomic E-state index is 0.00476. The molecule has 2 heterocycles. The Morgan fingerprint density at radius 3 is 2.74 bits per heavy atom. The number of alkyl halides is 1. The molecule has 2 saturated heterocycles. The molecule has 4 aliphatic rings. The molecule has 2 saturated carbocycles. The van der Waals surface area contributed by atoms with Crippen LogP contribution in [0.25, 0.3) is 0 Å². The van der Waals surface area contributed by atoms with Gasteiger partial charge in [-0.1, -0.05) is 20.3 Å². The van der Waals surface area contributed by atoms with E-state index in [4.69, 9.17) is 4.74 Å². The number of nitrogens with zero attached hydrogens (tertiary/aromatic N) is 1. The zero-order valence-corrected chi connectivity index (χ0v) is 20.1. The van der Waals surface area contributed by atoms with Crippen LogP contribution in [0, 0.1) is 29.1 Å². The quantitative estimate of drug-likeness (QED) is 0.613. The van der Waals surface area contributed by atoms with Crippen molar-refractivity contribution in [1.82, 2.24) is 10.2 Å². The Morgan fingerprint density at radius 1 is 1.16 bits per heavy atom. The van der Waals surface area contributed by atoms with Gasteiger partial charge >= 0.3 is 0 Å². The van der Waals surface area contributed by atoms with Gasteiger partial charge in [0.15, 0.2) is 0 Å². The van der Waals surface area contributed by atoms with Gasteiger partial charge in [0.1, 0.15) is 6.17 Å². The molecule has 0 spiro atoms. The van der Waals surface area contributed by atoms with E-state index in [1.165, 1.54) is 19.3 Å². The van der Waals surface area contributed by atoms with E-state index in [-0.39, 0.29) is 22.8 Å². The zero-order valence-electron chi connectivity index (χ0n) is 20.1. The van der Waals surface area contributed by atoms with E-state index in [0.29, 0.717) is 24.9 Å². The van der Waals surface area contributed by atoms with Crippen molar-refractivity contribution in [2.45, 2.75) is 96.8 Å². The van der Waals surface area contributed by atoms with Crippen LogP contribution >= 0.6 is 0 Å². The van der Waals surface area contributed by atoms with Crippen molar-refractivity contribution in [2.24, 2.45) is 29.1 Å². The lowest BCUT2D eigenvalue weighted by molar-refractivity contribution is -0.133. The van der Waals surface area contributed by atoms with Crippen LogP contribution in [0.15, 0.2) is 0 Å². The summed E-state index contributed by atoms with van der Waals surface area (Å²) in [5.74, 6) is 2.23. The normalized spacial score (nSPS) is 43.7. The highest BCUT2D eigenvalue weighted by Crippen LogP contribution is 2.54. The van der Waals surface area contributed by atoms with Crippen LogP contribution in [0.2, 0.25) is 0 Å². The van der Waals surface area contributed by atoms with E-state index in [0.717, 1.165) is 70.6 Å². The van der Waals surface area contributed by atoms with Crippen molar-refractivity contribution in [3.05, 3.63) is 0 Å². The fourth-order valence-electron chi connectivity index (χ4n) is 7.18. The number of carbonyl (C=O) groups excluding carboxylic acids is 1. The van der Waals surface area contributed by atoms with Crippen LogP contribution in [-0.4, -0.2) is 55.4 Å². The first-order chi connectivity index (χ1) is 14.8. The van der Waals surface area contributed by atoms with E-state index in [1.54, 1.807) is 0 Å². The third-order valence-electron chi connectivity index (χ3n) is 9.36. The minimum Gasteiger partial charge on any atom is -0.375 e. The Balaban J connectivity index is 1.23. The van der Waals surface area contributed by atoms with E-state index in [9.17, 15) is 4.79 Å². The number of nitrogens with one attached hydrogen (secondary N) is 1. The Hall–Kier alpha value is -0.680. The molecule has 4 nitrogen and oxygen atoms in total. The first kappa shape index (κ1) is 23.5. The van der Waals surface area contributed by atoms with E-state index < -0.39 is 6.17 Å². The minimum atomic E-state index is -0.838. The average Bonchev–Trinajstić information content (AvgIpc) is 3.08. The molecule has 5 heteroatoms. The predicted molar refractivity (Wildman–Crippen MR) is 123 cm³/mol. The SMILES string of the molecule is CCC1CC2CCC(C(=O)NC[C@H]3CCN(CC4CCOC(C)(CC)C4)C[C@H]3F)(C1)C2. The fraction of sp³-hybridized carbons (Fsp3) is 0.962. The molecular weight excluding hydrogens is 391 g/mol. The first-order valence-electron chi connectivity index (χ1n) is 13.1. The van der Waals surface area contributed by atoms with Crippen LogP contribution in [0.3, 0.4) is 0 Å².